The third-order valence-electron chi connectivity index (χ3n) is 5.89. The number of alkyl halides is 2. The highest BCUT2D eigenvalue weighted by Gasteiger charge is 2.42. The summed E-state index contributed by atoms with van der Waals surface area (Å²) in [7, 11) is 1.82. The van der Waals surface area contributed by atoms with E-state index in [-0.39, 0.29) is 30.9 Å². The van der Waals surface area contributed by atoms with Gasteiger partial charge in [0, 0.05) is 39.1 Å². The van der Waals surface area contributed by atoms with E-state index >= 15 is 0 Å². The summed E-state index contributed by atoms with van der Waals surface area (Å²) in [5.41, 5.74) is 6.01. The van der Waals surface area contributed by atoms with E-state index in [1.165, 1.54) is 4.90 Å². The Hall–Kier alpha value is -1.44. The van der Waals surface area contributed by atoms with Gasteiger partial charge in [-0.3, -0.25) is 4.79 Å². The highest BCUT2D eigenvalue weighted by molar-refractivity contribution is 5.82. The summed E-state index contributed by atoms with van der Waals surface area (Å²) in [6.45, 7) is 1.15. The number of nitrogens with zero attached hydrogens (tertiary/aromatic N) is 3. The molecule has 0 aromatic heterocycles. The first kappa shape index (κ1) is 18.4. The molecule has 0 aromatic rings. The molecule has 0 radical (unpaired) electrons. The Balaban J connectivity index is 1.44. The monoisotopic (exact) mass is 358 g/mol. The molecule has 0 spiro atoms. The molecule has 6 nitrogen and oxygen atoms in total. The van der Waals surface area contributed by atoms with E-state index < -0.39 is 18.5 Å². The molecule has 1 saturated carbocycles. The lowest BCUT2D eigenvalue weighted by atomic mass is 9.82. The predicted octanol–water partition coefficient (Wildman–Crippen LogP) is 1.50. The second kappa shape index (κ2) is 7.05. The average Bonchev–Trinajstić information content (AvgIpc) is 3.10. The van der Waals surface area contributed by atoms with Crippen molar-refractivity contribution in [1.82, 2.24) is 14.7 Å². The van der Waals surface area contributed by atoms with Crippen LogP contribution < -0.4 is 5.73 Å². The summed E-state index contributed by atoms with van der Waals surface area (Å²) in [5, 5.41) is 0. The normalized spacial score (nSPS) is 30.9. The molecule has 2 heterocycles. The van der Waals surface area contributed by atoms with E-state index in [1.54, 1.807) is 4.90 Å². The first-order valence-corrected chi connectivity index (χ1v) is 9.21. The fraction of sp³-hybridized carbons (Fsp3) is 0.882. The first-order valence-electron chi connectivity index (χ1n) is 9.21. The highest BCUT2D eigenvalue weighted by Crippen LogP contribution is 2.32. The number of halogens is 2. The lowest BCUT2D eigenvalue weighted by Crippen LogP contribution is -2.45. The van der Waals surface area contributed by atoms with Gasteiger partial charge >= 0.3 is 6.03 Å². The van der Waals surface area contributed by atoms with Crippen molar-refractivity contribution in [1.29, 1.82) is 0 Å². The number of nitrogens with two attached hydrogens (primary N) is 1. The van der Waals surface area contributed by atoms with Crippen molar-refractivity contribution in [3.63, 3.8) is 0 Å². The maximum atomic E-state index is 13.3. The topological polar surface area (TPSA) is 69.9 Å². The largest absolute Gasteiger partial charge is 0.335 e. The summed E-state index contributed by atoms with van der Waals surface area (Å²) >= 11 is 0. The summed E-state index contributed by atoms with van der Waals surface area (Å²) in [5.74, 6) is -2.80. The molecule has 0 bridgehead atoms. The molecule has 1 atom stereocenters. The summed E-state index contributed by atoms with van der Waals surface area (Å²) < 4.78 is 26.5. The maximum absolute atomic E-state index is 13.3. The summed E-state index contributed by atoms with van der Waals surface area (Å²) in [4.78, 5) is 29.2. The quantitative estimate of drug-likeness (QED) is 0.828. The van der Waals surface area contributed by atoms with Crippen LogP contribution in [0, 0.1) is 5.92 Å². The van der Waals surface area contributed by atoms with Crippen LogP contribution >= 0.6 is 0 Å². The van der Waals surface area contributed by atoms with Crippen molar-refractivity contribution >= 4 is 11.9 Å². The van der Waals surface area contributed by atoms with E-state index in [0.717, 1.165) is 38.8 Å². The number of likely N-dealkylation sites (tertiary alicyclic amines) is 1. The van der Waals surface area contributed by atoms with Crippen molar-refractivity contribution in [2.24, 2.45) is 11.7 Å². The zero-order valence-electron chi connectivity index (χ0n) is 14.8. The minimum atomic E-state index is -2.77. The molecule has 0 unspecified atom stereocenters. The number of hydrogen-bond acceptors (Lipinski definition) is 3. The summed E-state index contributed by atoms with van der Waals surface area (Å²) in [6, 6.07) is -0.321. The third kappa shape index (κ3) is 4.04. The number of carbonyl (C=O) groups excluding carboxylic acids is 2. The Morgan fingerprint density at radius 3 is 2.44 bits per heavy atom. The Labute approximate surface area is 147 Å². The van der Waals surface area contributed by atoms with E-state index in [1.807, 2.05) is 11.9 Å². The fourth-order valence-electron chi connectivity index (χ4n) is 4.32. The first-order chi connectivity index (χ1) is 11.8. The zero-order valence-corrected chi connectivity index (χ0v) is 14.8. The Kier molecular flexibility index (Phi) is 5.18. The number of urea groups is 1. The fourth-order valence-corrected chi connectivity index (χ4v) is 4.32. The van der Waals surface area contributed by atoms with E-state index in [4.69, 9.17) is 5.73 Å². The molecule has 3 amide bonds. The van der Waals surface area contributed by atoms with Crippen LogP contribution in [-0.4, -0.2) is 77.9 Å². The molecule has 3 fully saturated rings. The molecular weight excluding hydrogens is 330 g/mol. The maximum Gasteiger partial charge on any atom is 0.320 e. The molecule has 3 aliphatic rings. The lowest BCUT2D eigenvalue weighted by Gasteiger charge is -2.35. The molecule has 142 valence electrons. The van der Waals surface area contributed by atoms with E-state index in [2.05, 4.69) is 0 Å². The molecule has 0 aromatic carbocycles. The Bertz CT molecular complexity index is 523. The molecule has 3 rings (SSSR count). The Morgan fingerprint density at radius 1 is 1.24 bits per heavy atom. The van der Waals surface area contributed by atoms with Gasteiger partial charge in [-0.25, -0.2) is 13.6 Å². The van der Waals surface area contributed by atoms with Gasteiger partial charge in [0.1, 0.15) is 0 Å². The zero-order chi connectivity index (χ0) is 18.2. The number of hydrogen-bond donors (Lipinski definition) is 1. The molecular formula is C17H28F2N4O2. The van der Waals surface area contributed by atoms with Gasteiger partial charge in [0.05, 0.1) is 12.6 Å². The van der Waals surface area contributed by atoms with Crippen LogP contribution in [0.5, 0.6) is 0 Å². The molecule has 8 heteroatoms. The van der Waals surface area contributed by atoms with Crippen LogP contribution in [0.2, 0.25) is 0 Å². The molecule has 2 N–H and O–H groups in total. The smallest absolute Gasteiger partial charge is 0.320 e. The van der Waals surface area contributed by atoms with Crippen molar-refractivity contribution in [2.45, 2.75) is 56.5 Å². The number of amides is 3. The second-order valence-electron chi connectivity index (χ2n) is 7.78. The Morgan fingerprint density at radius 2 is 1.92 bits per heavy atom. The number of likely N-dealkylation sites (N-methyl/N-ethyl adjacent to an activating group) is 1. The van der Waals surface area contributed by atoms with Gasteiger partial charge in [-0.15, -0.1) is 0 Å². The van der Waals surface area contributed by atoms with Gasteiger partial charge in [0.2, 0.25) is 5.91 Å². The van der Waals surface area contributed by atoms with E-state index in [9.17, 15) is 18.4 Å². The van der Waals surface area contributed by atoms with Gasteiger partial charge in [0.15, 0.2) is 0 Å². The van der Waals surface area contributed by atoms with Gasteiger partial charge in [-0.1, -0.05) is 0 Å². The van der Waals surface area contributed by atoms with Gasteiger partial charge < -0.3 is 20.4 Å². The lowest BCUT2D eigenvalue weighted by molar-refractivity contribution is -0.133. The molecule has 1 aliphatic carbocycles. The minimum absolute atomic E-state index is 0.0941. The van der Waals surface area contributed by atoms with Crippen LogP contribution in [0.25, 0.3) is 0 Å². The molecule has 25 heavy (non-hydrogen) atoms. The average molecular weight is 358 g/mol. The highest BCUT2D eigenvalue weighted by atomic mass is 19.3. The van der Waals surface area contributed by atoms with Crippen molar-refractivity contribution in [2.75, 3.05) is 33.2 Å². The SMILES string of the molecule is CN1CCN(C2CCC(C[C@H](N)C(=O)N3CCC(F)(F)C3)CC2)C1=O. The van der Waals surface area contributed by atoms with Crippen LogP contribution in [0.4, 0.5) is 13.6 Å². The predicted molar refractivity (Wildman–Crippen MR) is 89.2 cm³/mol. The third-order valence-corrected chi connectivity index (χ3v) is 5.89. The van der Waals surface area contributed by atoms with Crippen LogP contribution in [-0.2, 0) is 4.79 Å². The summed E-state index contributed by atoms with van der Waals surface area (Å²) in [6.07, 6.45) is 3.97. The molecule has 2 aliphatic heterocycles. The van der Waals surface area contributed by atoms with Crippen molar-refractivity contribution in [3.8, 4) is 0 Å². The van der Waals surface area contributed by atoms with Crippen molar-refractivity contribution < 1.29 is 18.4 Å². The number of carbonyl (C=O) groups is 2. The van der Waals surface area contributed by atoms with Crippen LogP contribution in [0.1, 0.15) is 38.5 Å². The van der Waals surface area contributed by atoms with Gasteiger partial charge in [0.25, 0.3) is 5.92 Å². The van der Waals surface area contributed by atoms with Crippen LogP contribution in [0.3, 0.4) is 0 Å². The van der Waals surface area contributed by atoms with Crippen LogP contribution in [0.15, 0.2) is 0 Å². The van der Waals surface area contributed by atoms with Crippen molar-refractivity contribution in [3.05, 3.63) is 0 Å². The number of rotatable bonds is 4. The van der Waals surface area contributed by atoms with Gasteiger partial charge in [-0.05, 0) is 38.0 Å². The molecule has 2 saturated heterocycles. The minimum Gasteiger partial charge on any atom is -0.335 e. The van der Waals surface area contributed by atoms with E-state index in [0.29, 0.717) is 12.3 Å². The standard InChI is InChI=1S/C17H28F2N4O2/c1-21-8-9-23(16(21)25)13-4-2-12(3-5-13)10-14(20)15(24)22-7-6-17(18,19)11-22/h12-14H,2-11,20H2,1H3/t12?,13?,14-/m0/s1. The second-order valence-corrected chi connectivity index (χ2v) is 7.78. The van der Waals surface area contributed by atoms with Gasteiger partial charge in [-0.2, -0.15) is 0 Å².